The van der Waals surface area contributed by atoms with Gasteiger partial charge in [-0.15, -0.1) is 0 Å². The SMILES string of the molecule is CCc1c(C)nn(C)c1NC(=O)c1c(C)ccn(Cc2cnc(C)cn2)c1=O. The molecule has 3 aromatic rings. The first-order chi connectivity index (χ1) is 13.3. The zero-order valence-electron chi connectivity index (χ0n) is 16.8. The third kappa shape index (κ3) is 3.71. The molecule has 0 bridgehead atoms. The van der Waals surface area contributed by atoms with Crippen LogP contribution in [0.15, 0.2) is 29.5 Å². The Hall–Kier alpha value is -3.29. The largest absolute Gasteiger partial charge is 0.309 e. The van der Waals surface area contributed by atoms with Crippen LogP contribution in [-0.4, -0.2) is 30.2 Å². The third-order valence-electron chi connectivity index (χ3n) is 4.70. The van der Waals surface area contributed by atoms with Gasteiger partial charge in [-0.1, -0.05) is 6.92 Å². The maximum absolute atomic E-state index is 13.0. The highest BCUT2D eigenvalue weighted by molar-refractivity contribution is 6.05. The number of nitrogens with zero attached hydrogens (tertiary/aromatic N) is 5. The molecular weight excluding hydrogens is 356 g/mol. The fourth-order valence-electron chi connectivity index (χ4n) is 3.19. The monoisotopic (exact) mass is 380 g/mol. The minimum Gasteiger partial charge on any atom is -0.309 e. The number of hydrogen-bond acceptors (Lipinski definition) is 5. The van der Waals surface area contributed by atoms with Crippen LogP contribution in [0, 0.1) is 20.8 Å². The second-order valence-electron chi connectivity index (χ2n) is 6.80. The molecule has 0 atom stereocenters. The second-order valence-corrected chi connectivity index (χ2v) is 6.80. The Kier molecular flexibility index (Phi) is 5.39. The highest BCUT2D eigenvalue weighted by Gasteiger charge is 2.20. The lowest BCUT2D eigenvalue weighted by Gasteiger charge is -2.12. The van der Waals surface area contributed by atoms with Crippen molar-refractivity contribution in [1.29, 1.82) is 0 Å². The molecule has 28 heavy (non-hydrogen) atoms. The summed E-state index contributed by atoms with van der Waals surface area (Å²) in [4.78, 5) is 34.4. The lowest BCUT2D eigenvalue weighted by Crippen LogP contribution is -2.31. The van der Waals surface area contributed by atoms with Crippen LogP contribution in [-0.2, 0) is 20.0 Å². The van der Waals surface area contributed by atoms with E-state index < -0.39 is 5.91 Å². The summed E-state index contributed by atoms with van der Waals surface area (Å²) < 4.78 is 3.10. The Balaban J connectivity index is 1.94. The maximum atomic E-state index is 13.0. The van der Waals surface area contributed by atoms with Gasteiger partial charge in [-0.25, -0.2) is 0 Å². The van der Waals surface area contributed by atoms with Crippen LogP contribution in [0.3, 0.4) is 0 Å². The van der Waals surface area contributed by atoms with Gasteiger partial charge in [-0.3, -0.25) is 24.2 Å². The van der Waals surface area contributed by atoms with E-state index in [-0.39, 0.29) is 17.7 Å². The number of nitrogens with one attached hydrogen (secondary N) is 1. The molecule has 8 heteroatoms. The first-order valence-electron chi connectivity index (χ1n) is 9.13. The van der Waals surface area contributed by atoms with Crippen LogP contribution in [0.1, 0.15) is 45.5 Å². The Morgan fingerprint density at radius 2 is 1.93 bits per heavy atom. The number of carbonyl (C=O) groups excluding carboxylic acids is 1. The van der Waals surface area contributed by atoms with E-state index >= 15 is 0 Å². The summed E-state index contributed by atoms with van der Waals surface area (Å²) in [5.74, 6) is 0.174. The number of rotatable bonds is 5. The number of aryl methyl sites for hydroxylation is 4. The van der Waals surface area contributed by atoms with Gasteiger partial charge in [0.25, 0.3) is 11.5 Å². The fourth-order valence-corrected chi connectivity index (χ4v) is 3.19. The zero-order chi connectivity index (χ0) is 20.4. The van der Waals surface area contributed by atoms with E-state index in [0.717, 1.165) is 23.4 Å². The molecular formula is C20H24N6O2. The van der Waals surface area contributed by atoms with Crippen LogP contribution in [0.25, 0.3) is 0 Å². The van der Waals surface area contributed by atoms with E-state index in [1.165, 1.54) is 4.57 Å². The standard InChI is InChI=1S/C20H24N6O2/c1-6-16-14(4)24-25(5)18(16)23-19(27)17-12(2)7-8-26(20(17)28)11-15-10-21-13(3)9-22-15/h7-10H,6,11H2,1-5H3,(H,23,27). The summed E-state index contributed by atoms with van der Waals surface area (Å²) in [5, 5.41) is 7.22. The lowest BCUT2D eigenvalue weighted by atomic mass is 10.1. The van der Waals surface area contributed by atoms with Crippen molar-refractivity contribution in [3.05, 3.63) is 68.8 Å². The average molecular weight is 380 g/mol. The van der Waals surface area contributed by atoms with Gasteiger partial charge in [-0.05, 0) is 38.8 Å². The Morgan fingerprint density at radius 3 is 2.57 bits per heavy atom. The van der Waals surface area contributed by atoms with Crippen molar-refractivity contribution < 1.29 is 4.79 Å². The van der Waals surface area contributed by atoms with Crippen molar-refractivity contribution in [2.75, 3.05) is 5.32 Å². The van der Waals surface area contributed by atoms with E-state index in [9.17, 15) is 9.59 Å². The Bertz CT molecular complexity index is 1080. The van der Waals surface area contributed by atoms with E-state index in [4.69, 9.17) is 0 Å². The van der Waals surface area contributed by atoms with Crippen LogP contribution in [0.2, 0.25) is 0 Å². The molecule has 0 aliphatic heterocycles. The molecule has 0 saturated heterocycles. The molecule has 3 aromatic heterocycles. The van der Waals surface area contributed by atoms with Crippen LogP contribution >= 0.6 is 0 Å². The smallest absolute Gasteiger partial charge is 0.264 e. The number of anilines is 1. The summed E-state index contributed by atoms with van der Waals surface area (Å²) in [6.07, 6.45) is 5.69. The van der Waals surface area contributed by atoms with Gasteiger partial charge in [0.1, 0.15) is 11.4 Å². The quantitative estimate of drug-likeness (QED) is 0.732. The molecule has 0 aliphatic rings. The fraction of sp³-hybridized carbons (Fsp3) is 0.350. The minimum absolute atomic E-state index is 0.114. The predicted octanol–water partition coefficient (Wildman–Crippen LogP) is 2.16. The Labute approximate surface area is 163 Å². The topological polar surface area (TPSA) is 94.7 Å². The first kappa shape index (κ1) is 19.5. The van der Waals surface area contributed by atoms with E-state index in [1.807, 2.05) is 20.8 Å². The zero-order valence-corrected chi connectivity index (χ0v) is 16.8. The van der Waals surface area contributed by atoms with Crippen molar-refractivity contribution in [3.63, 3.8) is 0 Å². The second kappa shape index (κ2) is 7.75. The molecule has 0 unspecified atom stereocenters. The van der Waals surface area contributed by atoms with Crippen molar-refractivity contribution in [2.24, 2.45) is 7.05 Å². The number of amides is 1. The lowest BCUT2D eigenvalue weighted by molar-refractivity contribution is 0.102. The maximum Gasteiger partial charge on any atom is 0.264 e. The molecule has 0 spiro atoms. The number of carbonyl (C=O) groups is 1. The summed E-state index contributed by atoms with van der Waals surface area (Å²) in [7, 11) is 1.77. The van der Waals surface area contributed by atoms with Gasteiger partial charge in [0.05, 0.1) is 29.8 Å². The molecule has 8 nitrogen and oxygen atoms in total. The minimum atomic E-state index is -0.440. The van der Waals surface area contributed by atoms with Gasteiger partial charge in [0.15, 0.2) is 0 Å². The molecule has 0 fully saturated rings. The van der Waals surface area contributed by atoms with Crippen LogP contribution in [0.5, 0.6) is 0 Å². The molecule has 1 amide bonds. The molecule has 0 aromatic carbocycles. The van der Waals surface area contributed by atoms with Crippen molar-refractivity contribution in [1.82, 2.24) is 24.3 Å². The molecule has 1 N–H and O–H groups in total. The normalized spacial score (nSPS) is 10.9. The number of hydrogen-bond donors (Lipinski definition) is 1. The van der Waals surface area contributed by atoms with Crippen LogP contribution in [0.4, 0.5) is 5.82 Å². The summed E-state index contributed by atoms with van der Waals surface area (Å²) in [6, 6.07) is 1.76. The van der Waals surface area contributed by atoms with Gasteiger partial charge in [0.2, 0.25) is 0 Å². The van der Waals surface area contributed by atoms with Crippen molar-refractivity contribution in [2.45, 2.75) is 40.7 Å². The third-order valence-corrected chi connectivity index (χ3v) is 4.70. The van der Waals surface area contributed by atoms with E-state index in [1.54, 1.807) is 43.3 Å². The highest BCUT2D eigenvalue weighted by Crippen LogP contribution is 2.20. The average Bonchev–Trinajstić information content (AvgIpc) is 2.92. The van der Waals surface area contributed by atoms with Crippen molar-refractivity contribution >= 4 is 11.7 Å². The van der Waals surface area contributed by atoms with E-state index in [2.05, 4.69) is 20.4 Å². The summed E-state index contributed by atoms with van der Waals surface area (Å²) in [5.41, 5.74) is 3.64. The van der Waals surface area contributed by atoms with Gasteiger partial charge >= 0.3 is 0 Å². The van der Waals surface area contributed by atoms with Gasteiger partial charge < -0.3 is 9.88 Å². The Morgan fingerprint density at radius 1 is 1.18 bits per heavy atom. The number of pyridine rings is 1. The van der Waals surface area contributed by atoms with Gasteiger partial charge in [-0.2, -0.15) is 5.10 Å². The highest BCUT2D eigenvalue weighted by atomic mass is 16.2. The molecule has 0 radical (unpaired) electrons. The molecule has 0 saturated carbocycles. The van der Waals surface area contributed by atoms with Crippen LogP contribution < -0.4 is 10.9 Å². The molecule has 146 valence electrons. The summed E-state index contributed by atoms with van der Waals surface area (Å²) >= 11 is 0. The predicted molar refractivity (Wildman–Crippen MR) is 107 cm³/mol. The van der Waals surface area contributed by atoms with E-state index in [0.29, 0.717) is 17.1 Å². The first-order valence-corrected chi connectivity index (χ1v) is 9.13. The molecule has 3 rings (SSSR count). The van der Waals surface area contributed by atoms with Crippen molar-refractivity contribution in [3.8, 4) is 0 Å². The molecule has 0 aliphatic carbocycles. The number of aromatic nitrogens is 5. The molecule has 3 heterocycles. The summed E-state index contributed by atoms with van der Waals surface area (Å²) in [6.45, 7) is 7.75. The van der Waals surface area contributed by atoms with Gasteiger partial charge in [0, 0.05) is 25.0 Å².